The Bertz CT molecular complexity index is 653. The van der Waals surface area contributed by atoms with Crippen LogP contribution in [0.3, 0.4) is 0 Å². The molecule has 142 valence electrons. The second-order valence-corrected chi connectivity index (χ2v) is 7.83. The van der Waals surface area contributed by atoms with Gasteiger partial charge in [-0.3, -0.25) is 0 Å². The van der Waals surface area contributed by atoms with E-state index in [0.29, 0.717) is 11.8 Å². The first-order chi connectivity index (χ1) is 12.5. The van der Waals surface area contributed by atoms with E-state index >= 15 is 0 Å². The third-order valence-corrected chi connectivity index (χ3v) is 5.13. The molecule has 2 unspecified atom stereocenters. The fourth-order valence-electron chi connectivity index (χ4n) is 3.61. The molecule has 0 saturated carbocycles. The minimum absolute atomic E-state index is 0.398. The predicted molar refractivity (Wildman–Crippen MR) is 107 cm³/mol. The van der Waals surface area contributed by atoms with E-state index in [1.165, 1.54) is 11.1 Å². The number of ether oxygens (including phenoxy) is 2. The molecule has 0 spiro atoms. The van der Waals surface area contributed by atoms with Crippen LogP contribution in [0.1, 0.15) is 12.8 Å². The quantitative estimate of drug-likeness (QED) is 0.666. The summed E-state index contributed by atoms with van der Waals surface area (Å²) >= 11 is 0. The minimum Gasteiger partial charge on any atom is -0.497 e. The van der Waals surface area contributed by atoms with E-state index in [9.17, 15) is 0 Å². The zero-order valence-electron chi connectivity index (χ0n) is 16.6. The SMILES string of the molecule is CN(C)CCOC1=CC2=CCC3CC(OCCN(C)C)=CC=C3C2C=C1. The maximum Gasteiger partial charge on any atom is 0.119 e. The molecule has 3 rings (SSSR count). The smallest absolute Gasteiger partial charge is 0.119 e. The van der Waals surface area contributed by atoms with Crippen LogP contribution in [-0.2, 0) is 9.47 Å². The first kappa shape index (κ1) is 19.0. The lowest BCUT2D eigenvalue weighted by Crippen LogP contribution is -2.24. The zero-order valence-corrected chi connectivity index (χ0v) is 16.6. The number of hydrogen-bond acceptors (Lipinski definition) is 4. The molecule has 0 heterocycles. The lowest BCUT2D eigenvalue weighted by atomic mass is 9.72. The van der Waals surface area contributed by atoms with E-state index in [0.717, 1.165) is 50.7 Å². The fraction of sp³-hybridized carbons (Fsp3) is 0.545. The number of hydrogen-bond donors (Lipinski definition) is 0. The number of nitrogens with zero attached hydrogens (tertiary/aromatic N) is 2. The molecule has 26 heavy (non-hydrogen) atoms. The van der Waals surface area contributed by atoms with Crippen LogP contribution in [0.4, 0.5) is 0 Å². The summed E-state index contributed by atoms with van der Waals surface area (Å²) in [5.41, 5.74) is 2.89. The topological polar surface area (TPSA) is 24.9 Å². The van der Waals surface area contributed by atoms with Crippen LogP contribution in [0.15, 0.2) is 59.1 Å². The van der Waals surface area contributed by atoms with Gasteiger partial charge in [-0.1, -0.05) is 23.8 Å². The van der Waals surface area contributed by atoms with Crippen molar-refractivity contribution in [1.82, 2.24) is 9.80 Å². The van der Waals surface area contributed by atoms with Gasteiger partial charge in [-0.25, -0.2) is 0 Å². The van der Waals surface area contributed by atoms with Crippen LogP contribution in [0, 0.1) is 11.8 Å². The van der Waals surface area contributed by atoms with Gasteiger partial charge in [0.05, 0.1) is 5.76 Å². The average Bonchev–Trinajstić information content (AvgIpc) is 2.60. The van der Waals surface area contributed by atoms with Gasteiger partial charge in [0, 0.05) is 25.4 Å². The molecule has 0 radical (unpaired) electrons. The molecule has 0 aromatic rings. The summed E-state index contributed by atoms with van der Waals surface area (Å²) < 4.78 is 11.9. The molecule has 0 bridgehead atoms. The second kappa shape index (κ2) is 8.74. The van der Waals surface area contributed by atoms with E-state index in [1.54, 1.807) is 0 Å². The molecular weight excluding hydrogens is 324 g/mol. The number of likely N-dealkylation sites (N-methyl/N-ethyl adjacent to an activating group) is 2. The largest absolute Gasteiger partial charge is 0.497 e. The average molecular weight is 357 g/mol. The summed E-state index contributed by atoms with van der Waals surface area (Å²) in [6.07, 6.45) is 15.6. The Morgan fingerprint density at radius 1 is 1.00 bits per heavy atom. The van der Waals surface area contributed by atoms with Crippen molar-refractivity contribution in [2.24, 2.45) is 11.8 Å². The first-order valence-corrected chi connectivity index (χ1v) is 9.58. The Labute approximate surface area is 158 Å². The van der Waals surface area contributed by atoms with Gasteiger partial charge in [0.15, 0.2) is 0 Å². The summed E-state index contributed by atoms with van der Waals surface area (Å²) in [5.74, 6) is 3.07. The van der Waals surface area contributed by atoms with Crippen molar-refractivity contribution in [3.05, 3.63) is 59.1 Å². The first-order valence-electron chi connectivity index (χ1n) is 9.58. The van der Waals surface area contributed by atoms with Crippen LogP contribution >= 0.6 is 0 Å². The zero-order chi connectivity index (χ0) is 18.5. The molecule has 4 nitrogen and oxygen atoms in total. The molecule has 0 N–H and O–H groups in total. The summed E-state index contributed by atoms with van der Waals surface area (Å²) in [4.78, 5) is 4.29. The Hall–Kier alpha value is -1.78. The van der Waals surface area contributed by atoms with Gasteiger partial charge in [-0.15, -0.1) is 0 Å². The molecular formula is C22H32N2O2. The maximum absolute atomic E-state index is 5.96. The highest BCUT2D eigenvalue weighted by Crippen LogP contribution is 2.43. The van der Waals surface area contributed by atoms with E-state index < -0.39 is 0 Å². The van der Waals surface area contributed by atoms with Crippen molar-refractivity contribution in [2.45, 2.75) is 12.8 Å². The normalized spacial score (nSPS) is 24.4. The molecule has 0 aromatic carbocycles. The maximum atomic E-state index is 5.96. The molecule has 3 aliphatic carbocycles. The lowest BCUT2D eigenvalue weighted by Gasteiger charge is -2.34. The van der Waals surface area contributed by atoms with Crippen molar-refractivity contribution >= 4 is 0 Å². The third kappa shape index (κ3) is 4.89. The highest BCUT2D eigenvalue weighted by atomic mass is 16.5. The fourth-order valence-corrected chi connectivity index (χ4v) is 3.61. The summed E-state index contributed by atoms with van der Waals surface area (Å²) in [5, 5.41) is 0. The van der Waals surface area contributed by atoms with Crippen molar-refractivity contribution in [3.8, 4) is 0 Å². The van der Waals surface area contributed by atoms with Gasteiger partial charge in [-0.05, 0) is 64.3 Å². The molecule has 0 saturated heterocycles. The van der Waals surface area contributed by atoms with Crippen LogP contribution in [0.2, 0.25) is 0 Å². The van der Waals surface area contributed by atoms with Gasteiger partial charge in [-0.2, -0.15) is 0 Å². The standard InChI is InChI=1S/C22H32N2O2/c1-23(2)11-13-25-19-7-9-21-17(15-19)5-6-18-16-20(8-10-22(18)21)26-14-12-24(3)4/h5,7-10,15,18,21H,6,11-14,16H2,1-4H3. The van der Waals surface area contributed by atoms with E-state index in [-0.39, 0.29) is 0 Å². The molecule has 0 amide bonds. The molecule has 2 atom stereocenters. The van der Waals surface area contributed by atoms with Crippen LogP contribution in [-0.4, -0.2) is 64.3 Å². The summed E-state index contributed by atoms with van der Waals surface area (Å²) in [7, 11) is 8.28. The Kier molecular flexibility index (Phi) is 6.38. The number of fused-ring (bicyclic) bond motifs is 3. The molecule has 3 aliphatic rings. The Morgan fingerprint density at radius 2 is 1.73 bits per heavy atom. The van der Waals surface area contributed by atoms with Crippen molar-refractivity contribution in [2.75, 3.05) is 54.5 Å². The highest BCUT2D eigenvalue weighted by molar-refractivity contribution is 5.47. The Morgan fingerprint density at radius 3 is 2.46 bits per heavy atom. The second-order valence-electron chi connectivity index (χ2n) is 7.83. The Balaban J connectivity index is 1.60. The van der Waals surface area contributed by atoms with E-state index in [2.05, 4.69) is 74.4 Å². The molecule has 4 heteroatoms. The van der Waals surface area contributed by atoms with Gasteiger partial charge >= 0.3 is 0 Å². The van der Waals surface area contributed by atoms with E-state index in [4.69, 9.17) is 9.47 Å². The van der Waals surface area contributed by atoms with E-state index in [1.807, 2.05) is 0 Å². The van der Waals surface area contributed by atoms with Crippen LogP contribution < -0.4 is 0 Å². The van der Waals surface area contributed by atoms with Crippen LogP contribution in [0.5, 0.6) is 0 Å². The summed E-state index contributed by atoms with van der Waals surface area (Å²) in [6, 6.07) is 0. The third-order valence-electron chi connectivity index (χ3n) is 5.13. The van der Waals surface area contributed by atoms with Gasteiger partial charge < -0.3 is 19.3 Å². The molecule has 0 aromatic heterocycles. The molecule has 0 aliphatic heterocycles. The molecule has 0 fully saturated rings. The summed E-state index contributed by atoms with van der Waals surface area (Å²) in [6.45, 7) is 3.37. The van der Waals surface area contributed by atoms with Gasteiger partial charge in [0.1, 0.15) is 19.0 Å². The predicted octanol–water partition coefficient (Wildman–Crippen LogP) is 3.37. The number of rotatable bonds is 8. The van der Waals surface area contributed by atoms with Crippen molar-refractivity contribution < 1.29 is 9.47 Å². The van der Waals surface area contributed by atoms with Gasteiger partial charge in [0.25, 0.3) is 0 Å². The monoisotopic (exact) mass is 356 g/mol. The van der Waals surface area contributed by atoms with Gasteiger partial charge in [0.2, 0.25) is 0 Å². The number of allylic oxidation sites excluding steroid dienone is 9. The lowest BCUT2D eigenvalue weighted by molar-refractivity contribution is 0.168. The van der Waals surface area contributed by atoms with Crippen molar-refractivity contribution in [3.63, 3.8) is 0 Å². The highest BCUT2D eigenvalue weighted by Gasteiger charge is 2.31. The minimum atomic E-state index is 0.398. The van der Waals surface area contributed by atoms with Crippen molar-refractivity contribution in [1.29, 1.82) is 0 Å². The van der Waals surface area contributed by atoms with Crippen LogP contribution in [0.25, 0.3) is 0 Å².